The van der Waals surface area contributed by atoms with Crippen molar-refractivity contribution in [3.8, 4) is 56.7 Å². The number of thiophene rings is 2. The molecule has 0 N–H and O–H groups in total. The van der Waals surface area contributed by atoms with Crippen LogP contribution in [0.25, 0.3) is 141 Å². The molecule has 0 saturated heterocycles. The molecule has 15 aromatic rings. The van der Waals surface area contributed by atoms with Gasteiger partial charge < -0.3 is 9.13 Å². The molecule has 0 unspecified atom stereocenters. The lowest BCUT2D eigenvalue weighted by atomic mass is 9.97. The van der Waals surface area contributed by atoms with E-state index in [1.54, 1.807) is 0 Å². The molecular weight excluding hydrogens is 891 g/mol. The molecular formula is C63H37N5S2. The largest absolute Gasteiger partial charge is 0.309 e. The maximum Gasteiger partial charge on any atom is 0.164 e. The molecule has 0 amide bonds. The summed E-state index contributed by atoms with van der Waals surface area (Å²) >= 11 is 3.69. The van der Waals surface area contributed by atoms with Gasteiger partial charge in [-0.05, 0) is 72.3 Å². The van der Waals surface area contributed by atoms with E-state index in [-0.39, 0.29) is 0 Å². The smallest absolute Gasteiger partial charge is 0.164 e. The third-order valence-corrected chi connectivity index (χ3v) is 16.3. The van der Waals surface area contributed by atoms with E-state index in [9.17, 15) is 0 Å². The van der Waals surface area contributed by atoms with E-state index >= 15 is 0 Å². The Morgan fingerprint density at radius 2 is 0.871 bits per heavy atom. The Morgan fingerprint density at radius 3 is 1.59 bits per heavy atom. The Kier molecular flexibility index (Phi) is 8.63. The van der Waals surface area contributed by atoms with E-state index in [0.29, 0.717) is 17.5 Å². The average Bonchev–Trinajstić information content (AvgIpc) is 4.19. The zero-order valence-corrected chi connectivity index (χ0v) is 39.0. The van der Waals surface area contributed by atoms with Gasteiger partial charge in [0.2, 0.25) is 0 Å². The van der Waals surface area contributed by atoms with Gasteiger partial charge in [0.25, 0.3) is 0 Å². The van der Waals surface area contributed by atoms with E-state index in [0.717, 1.165) is 44.5 Å². The van der Waals surface area contributed by atoms with E-state index in [2.05, 4.69) is 197 Å². The number of hydrogen-bond donors (Lipinski definition) is 0. The zero-order valence-electron chi connectivity index (χ0n) is 37.4. The number of nitrogens with zero attached hydrogens (tertiary/aromatic N) is 5. The number of aromatic nitrogens is 5. The van der Waals surface area contributed by atoms with Crippen LogP contribution in [0.5, 0.6) is 0 Å². The van der Waals surface area contributed by atoms with Crippen LogP contribution in [-0.4, -0.2) is 24.1 Å². The van der Waals surface area contributed by atoms with Gasteiger partial charge in [0.05, 0.1) is 32.5 Å². The van der Waals surface area contributed by atoms with Gasteiger partial charge in [-0.3, -0.25) is 0 Å². The summed E-state index contributed by atoms with van der Waals surface area (Å²) in [5.74, 6) is 1.93. The monoisotopic (exact) mass is 927 g/mol. The fourth-order valence-electron chi connectivity index (χ4n) is 10.9. The maximum absolute atomic E-state index is 5.28. The van der Waals surface area contributed by atoms with Crippen LogP contribution >= 0.6 is 22.7 Å². The van der Waals surface area contributed by atoms with Crippen molar-refractivity contribution in [2.24, 2.45) is 0 Å². The molecule has 326 valence electrons. The molecule has 5 nitrogen and oxygen atoms in total. The standard InChI is InChI=1S/C63H37N5S2/c1-4-18-38(19-5-1)61-64-62(39-20-6-2-7-21-39)66-63(65-61)46-33-34-52(60-56(46)45-27-13-17-31-54(45)70-60)68-50-28-14-10-24-42(50)49-37-47(40-32-35-55-48(36-40)43-25-12-16-30-53(43)69-55)58-57(59(49)68)44-26-11-15-29-51(44)67(58)41-22-8-3-9-23-41/h1-37H. The van der Waals surface area contributed by atoms with Gasteiger partial charge in [-0.25, -0.2) is 15.0 Å². The highest BCUT2D eigenvalue weighted by Crippen LogP contribution is 2.50. The van der Waals surface area contributed by atoms with Crippen molar-refractivity contribution < 1.29 is 0 Å². The first-order valence-corrected chi connectivity index (χ1v) is 25.2. The van der Waals surface area contributed by atoms with Gasteiger partial charge in [0.1, 0.15) is 0 Å². The Balaban J connectivity index is 1.08. The number of hydrogen-bond acceptors (Lipinski definition) is 5. The zero-order chi connectivity index (χ0) is 45.9. The normalized spacial score (nSPS) is 12.0. The highest BCUT2D eigenvalue weighted by molar-refractivity contribution is 7.26. The average molecular weight is 928 g/mol. The predicted molar refractivity (Wildman–Crippen MR) is 296 cm³/mol. The van der Waals surface area contributed by atoms with Crippen LogP contribution in [0.1, 0.15) is 0 Å². The van der Waals surface area contributed by atoms with Crippen LogP contribution in [0.15, 0.2) is 224 Å². The highest BCUT2D eigenvalue weighted by atomic mass is 32.1. The van der Waals surface area contributed by atoms with Gasteiger partial charge in [0.15, 0.2) is 17.5 Å². The van der Waals surface area contributed by atoms with Crippen LogP contribution in [-0.2, 0) is 0 Å². The van der Waals surface area contributed by atoms with Crippen molar-refractivity contribution in [1.82, 2.24) is 24.1 Å². The summed E-state index contributed by atoms with van der Waals surface area (Å²) in [7, 11) is 0. The lowest BCUT2D eigenvalue weighted by molar-refractivity contribution is 1.08. The molecule has 0 spiro atoms. The molecule has 7 heteroatoms. The molecule has 15 rings (SSSR count). The van der Waals surface area contributed by atoms with Crippen LogP contribution < -0.4 is 0 Å². The summed E-state index contributed by atoms with van der Waals surface area (Å²) in [5, 5.41) is 9.72. The van der Waals surface area contributed by atoms with E-state index < -0.39 is 0 Å². The van der Waals surface area contributed by atoms with Crippen molar-refractivity contribution in [3.05, 3.63) is 224 Å². The fourth-order valence-corrected chi connectivity index (χ4v) is 13.2. The third kappa shape index (κ3) is 5.86. The third-order valence-electron chi connectivity index (χ3n) is 14.0. The summed E-state index contributed by atoms with van der Waals surface area (Å²) in [6.45, 7) is 0. The molecule has 0 atom stereocenters. The number of fused-ring (bicyclic) bond motifs is 13. The van der Waals surface area contributed by atoms with E-state index in [4.69, 9.17) is 15.0 Å². The second-order valence-corrected chi connectivity index (χ2v) is 20.0. The van der Waals surface area contributed by atoms with Crippen LogP contribution in [0.2, 0.25) is 0 Å². The summed E-state index contributed by atoms with van der Waals surface area (Å²) in [6.07, 6.45) is 0. The quantitative estimate of drug-likeness (QED) is 0.167. The number of rotatable bonds is 6. The second kappa shape index (κ2) is 15.4. The summed E-state index contributed by atoms with van der Waals surface area (Å²) in [4.78, 5) is 15.6. The molecule has 0 saturated carbocycles. The fraction of sp³-hybridized carbons (Fsp3) is 0. The molecule has 0 aliphatic carbocycles. The summed E-state index contributed by atoms with van der Waals surface area (Å²) < 4.78 is 10.0. The molecule has 10 aromatic carbocycles. The summed E-state index contributed by atoms with van der Waals surface area (Å²) in [6, 6.07) is 80.9. The van der Waals surface area contributed by atoms with E-state index in [1.165, 1.54) is 78.7 Å². The second-order valence-electron chi connectivity index (χ2n) is 17.9. The van der Waals surface area contributed by atoms with Gasteiger partial charge in [-0.2, -0.15) is 0 Å². The van der Waals surface area contributed by atoms with Crippen LogP contribution in [0, 0.1) is 0 Å². The molecule has 0 aliphatic rings. The Hall–Kier alpha value is -8.75. The summed E-state index contributed by atoms with van der Waals surface area (Å²) in [5.41, 5.74) is 12.2. The lowest BCUT2D eigenvalue weighted by Gasteiger charge is -2.15. The van der Waals surface area contributed by atoms with Crippen molar-refractivity contribution in [1.29, 1.82) is 0 Å². The highest BCUT2D eigenvalue weighted by Gasteiger charge is 2.27. The minimum atomic E-state index is 0.642. The van der Waals surface area contributed by atoms with Gasteiger partial charge in [-0.15, -0.1) is 22.7 Å². The lowest BCUT2D eigenvalue weighted by Crippen LogP contribution is -2.01. The molecule has 5 aromatic heterocycles. The number of para-hydroxylation sites is 3. The minimum Gasteiger partial charge on any atom is -0.309 e. The van der Waals surface area contributed by atoms with Crippen molar-refractivity contribution in [2.75, 3.05) is 0 Å². The van der Waals surface area contributed by atoms with Crippen molar-refractivity contribution in [2.45, 2.75) is 0 Å². The van der Waals surface area contributed by atoms with Crippen LogP contribution in [0.3, 0.4) is 0 Å². The van der Waals surface area contributed by atoms with Crippen LogP contribution in [0.4, 0.5) is 0 Å². The molecule has 0 fully saturated rings. The maximum atomic E-state index is 5.28. The number of benzene rings is 10. The van der Waals surface area contributed by atoms with Crippen molar-refractivity contribution in [3.63, 3.8) is 0 Å². The van der Waals surface area contributed by atoms with Gasteiger partial charge in [0, 0.05) is 85.1 Å². The Morgan fingerprint density at radius 1 is 0.314 bits per heavy atom. The van der Waals surface area contributed by atoms with Gasteiger partial charge >= 0.3 is 0 Å². The van der Waals surface area contributed by atoms with Crippen molar-refractivity contribution >= 4 is 107 Å². The SMILES string of the molecule is c1ccc(-c2nc(-c3ccccc3)nc(-c3ccc(-n4c5ccccc5c5cc(-c6ccc7sc8ccccc8c7c6)c6c(c7ccccc7n6-c6ccccc6)c54)c4sc5ccccc5c34)n2)cc1. The Labute approximate surface area is 409 Å². The molecule has 5 heterocycles. The first-order chi connectivity index (χ1) is 34.7. The van der Waals surface area contributed by atoms with E-state index in [1.807, 2.05) is 59.1 Å². The Bertz CT molecular complexity index is 4530. The minimum absolute atomic E-state index is 0.642. The topological polar surface area (TPSA) is 48.5 Å². The predicted octanol–water partition coefficient (Wildman–Crippen LogP) is 17.5. The first kappa shape index (κ1) is 39.3. The molecule has 0 bridgehead atoms. The molecule has 0 radical (unpaired) electrons. The van der Waals surface area contributed by atoms with Gasteiger partial charge in [-0.1, -0.05) is 158 Å². The first-order valence-electron chi connectivity index (χ1n) is 23.5. The molecule has 0 aliphatic heterocycles. The molecule has 70 heavy (non-hydrogen) atoms.